The van der Waals surface area contributed by atoms with Gasteiger partial charge in [0.25, 0.3) is 0 Å². The van der Waals surface area contributed by atoms with Crippen molar-refractivity contribution in [2.75, 3.05) is 6.61 Å². The van der Waals surface area contributed by atoms with E-state index in [0.717, 1.165) is 12.8 Å². The quantitative estimate of drug-likeness (QED) is 0.883. The van der Waals surface area contributed by atoms with Crippen LogP contribution in [0.1, 0.15) is 38.5 Å². The number of rotatable bonds is 5. The summed E-state index contributed by atoms with van der Waals surface area (Å²) in [7, 11) is 0. The van der Waals surface area contributed by atoms with Gasteiger partial charge in [-0.3, -0.25) is 4.79 Å². The molecule has 0 aliphatic heterocycles. The summed E-state index contributed by atoms with van der Waals surface area (Å²) < 4.78 is 5.50. The molecule has 1 aromatic rings. The third-order valence-electron chi connectivity index (χ3n) is 3.46. The largest absolute Gasteiger partial charge is 0.493 e. The van der Waals surface area contributed by atoms with E-state index >= 15 is 0 Å². The van der Waals surface area contributed by atoms with Crippen LogP contribution >= 0.6 is 23.2 Å². The summed E-state index contributed by atoms with van der Waals surface area (Å²) in [6, 6.07) is 5.43. The predicted octanol–water partition coefficient (Wildman–Crippen LogP) is 4.21. The van der Waals surface area contributed by atoms with Gasteiger partial charge in [0.15, 0.2) is 0 Å². The Morgan fingerprint density at radius 2 is 1.95 bits per heavy atom. The molecule has 0 saturated heterocycles. The Hall–Kier alpha value is -0.930. The molecule has 1 saturated carbocycles. The van der Waals surface area contributed by atoms with Crippen LogP contribution in [0.15, 0.2) is 18.2 Å². The van der Waals surface area contributed by atoms with Gasteiger partial charge in [-0.2, -0.15) is 0 Å². The summed E-state index contributed by atoms with van der Waals surface area (Å²) in [6.45, 7) is 0.344. The number of carbonyl (C=O) groups is 1. The molecule has 1 aliphatic rings. The zero-order chi connectivity index (χ0) is 14.4. The van der Waals surface area contributed by atoms with E-state index in [1.807, 2.05) is 0 Å². The first kappa shape index (κ1) is 15.5. The number of hydrogen-bond acceptors (Lipinski definition) is 2. The summed E-state index contributed by atoms with van der Waals surface area (Å²) in [4.78, 5) is 11.8. The van der Waals surface area contributed by atoms with Crippen LogP contribution in [-0.2, 0) is 4.79 Å². The molecule has 0 radical (unpaired) electrons. The fourth-order valence-corrected chi connectivity index (χ4v) is 2.66. The minimum Gasteiger partial charge on any atom is -0.493 e. The van der Waals surface area contributed by atoms with Gasteiger partial charge in [0.05, 0.1) is 23.1 Å². The van der Waals surface area contributed by atoms with Crippen LogP contribution < -0.4 is 10.1 Å². The molecule has 1 aliphatic carbocycles. The third-order valence-corrected chi connectivity index (χ3v) is 4.20. The first-order valence-electron chi connectivity index (χ1n) is 7.02. The topological polar surface area (TPSA) is 38.3 Å². The second-order valence-corrected chi connectivity index (χ2v) is 5.89. The van der Waals surface area contributed by atoms with E-state index in [4.69, 9.17) is 27.9 Å². The Morgan fingerprint density at radius 3 is 2.65 bits per heavy atom. The lowest BCUT2D eigenvalue weighted by molar-refractivity contribution is -0.122. The van der Waals surface area contributed by atoms with Gasteiger partial charge in [-0.15, -0.1) is 0 Å². The normalized spacial score (nSPS) is 15.9. The lowest BCUT2D eigenvalue weighted by atomic mass is 9.95. The van der Waals surface area contributed by atoms with E-state index in [2.05, 4.69) is 5.32 Å². The molecule has 20 heavy (non-hydrogen) atoms. The van der Waals surface area contributed by atoms with Crippen LogP contribution in [0.4, 0.5) is 0 Å². The molecule has 0 atom stereocenters. The second kappa shape index (κ2) is 7.75. The Balaban J connectivity index is 1.69. The SMILES string of the molecule is O=C(CCOc1ccc(Cl)c(Cl)c1)NC1CCCCC1. The lowest BCUT2D eigenvalue weighted by Crippen LogP contribution is -2.36. The number of benzene rings is 1. The van der Waals surface area contributed by atoms with Crippen LogP contribution in [0, 0.1) is 0 Å². The van der Waals surface area contributed by atoms with E-state index in [-0.39, 0.29) is 5.91 Å². The van der Waals surface area contributed by atoms with Crippen LogP contribution in [0.3, 0.4) is 0 Å². The Bertz CT molecular complexity index is 459. The number of nitrogens with one attached hydrogen (secondary N) is 1. The van der Waals surface area contributed by atoms with Crippen molar-refractivity contribution in [3.05, 3.63) is 28.2 Å². The van der Waals surface area contributed by atoms with Crippen molar-refractivity contribution in [1.29, 1.82) is 0 Å². The number of hydrogen-bond donors (Lipinski definition) is 1. The molecular formula is C15H19Cl2NO2. The van der Waals surface area contributed by atoms with E-state index in [9.17, 15) is 4.79 Å². The lowest BCUT2D eigenvalue weighted by Gasteiger charge is -2.22. The summed E-state index contributed by atoms with van der Waals surface area (Å²) in [5, 5.41) is 4.01. The highest BCUT2D eigenvalue weighted by atomic mass is 35.5. The Kier molecular flexibility index (Phi) is 5.99. The molecule has 3 nitrogen and oxygen atoms in total. The molecule has 1 fully saturated rings. The maximum Gasteiger partial charge on any atom is 0.223 e. The van der Waals surface area contributed by atoms with Crippen molar-refractivity contribution < 1.29 is 9.53 Å². The van der Waals surface area contributed by atoms with Crippen molar-refractivity contribution in [2.24, 2.45) is 0 Å². The first-order valence-corrected chi connectivity index (χ1v) is 7.78. The fraction of sp³-hybridized carbons (Fsp3) is 0.533. The molecule has 2 rings (SSSR count). The van der Waals surface area contributed by atoms with E-state index in [1.54, 1.807) is 18.2 Å². The smallest absolute Gasteiger partial charge is 0.223 e. The molecule has 5 heteroatoms. The molecule has 110 valence electrons. The highest BCUT2D eigenvalue weighted by Crippen LogP contribution is 2.26. The average molecular weight is 316 g/mol. The van der Waals surface area contributed by atoms with Crippen LogP contribution in [0.5, 0.6) is 5.75 Å². The molecular weight excluding hydrogens is 297 g/mol. The highest BCUT2D eigenvalue weighted by molar-refractivity contribution is 6.42. The van der Waals surface area contributed by atoms with Crippen molar-refractivity contribution in [2.45, 2.75) is 44.6 Å². The third kappa shape index (κ3) is 4.88. The summed E-state index contributed by atoms with van der Waals surface area (Å²) in [6.07, 6.45) is 6.26. The van der Waals surface area contributed by atoms with Crippen LogP contribution in [-0.4, -0.2) is 18.6 Å². The molecule has 0 aromatic heterocycles. The van der Waals surface area contributed by atoms with Gasteiger partial charge in [0.2, 0.25) is 5.91 Å². The molecule has 0 bridgehead atoms. The minimum absolute atomic E-state index is 0.0527. The van der Waals surface area contributed by atoms with Gasteiger partial charge >= 0.3 is 0 Å². The van der Waals surface area contributed by atoms with Gasteiger partial charge in [0.1, 0.15) is 5.75 Å². The zero-order valence-corrected chi connectivity index (χ0v) is 12.8. The van der Waals surface area contributed by atoms with Gasteiger partial charge in [0, 0.05) is 12.1 Å². The maximum absolute atomic E-state index is 11.8. The highest BCUT2D eigenvalue weighted by Gasteiger charge is 2.15. The van der Waals surface area contributed by atoms with Gasteiger partial charge in [-0.05, 0) is 25.0 Å². The zero-order valence-electron chi connectivity index (χ0n) is 11.3. The number of halogens is 2. The first-order chi connectivity index (χ1) is 9.65. The summed E-state index contributed by atoms with van der Waals surface area (Å²) >= 11 is 11.7. The number of ether oxygens (including phenoxy) is 1. The number of carbonyl (C=O) groups excluding carboxylic acids is 1. The van der Waals surface area contributed by atoms with Crippen LogP contribution in [0.25, 0.3) is 0 Å². The predicted molar refractivity (Wildman–Crippen MR) is 81.6 cm³/mol. The van der Waals surface area contributed by atoms with Crippen molar-refractivity contribution in [3.8, 4) is 5.75 Å². The van der Waals surface area contributed by atoms with Gasteiger partial charge in [-0.1, -0.05) is 42.5 Å². The van der Waals surface area contributed by atoms with Gasteiger partial charge in [-0.25, -0.2) is 0 Å². The van der Waals surface area contributed by atoms with Crippen molar-refractivity contribution in [3.63, 3.8) is 0 Å². The van der Waals surface area contributed by atoms with Crippen molar-refractivity contribution in [1.82, 2.24) is 5.32 Å². The summed E-state index contributed by atoms with van der Waals surface area (Å²) in [5.41, 5.74) is 0. The fourth-order valence-electron chi connectivity index (χ4n) is 2.37. The molecule has 0 spiro atoms. The minimum atomic E-state index is 0.0527. The Labute approximate surface area is 129 Å². The molecule has 0 heterocycles. The molecule has 0 unspecified atom stereocenters. The number of amides is 1. The van der Waals surface area contributed by atoms with Crippen molar-refractivity contribution >= 4 is 29.1 Å². The monoisotopic (exact) mass is 315 g/mol. The van der Waals surface area contributed by atoms with E-state index in [1.165, 1.54) is 19.3 Å². The maximum atomic E-state index is 11.8. The standard InChI is InChI=1S/C15H19Cl2NO2/c16-13-7-6-12(10-14(13)17)20-9-8-15(19)18-11-4-2-1-3-5-11/h6-7,10-11H,1-5,8-9H2,(H,18,19). The molecule has 1 N–H and O–H groups in total. The summed E-state index contributed by atoms with van der Waals surface area (Å²) in [5.74, 6) is 0.682. The van der Waals surface area contributed by atoms with Gasteiger partial charge < -0.3 is 10.1 Å². The average Bonchev–Trinajstić information content (AvgIpc) is 2.44. The second-order valence-electron chi connectivity index (χ2n) is 5.08. The molecule has 1 amide bonds. The molecule has 1 aromatic carbocycles. The van der Waals surface area contributed by atoms with E-state index in [0.29, 0.717) is 34.9 Å². The Morgan fingerprint density at radius 1 is 1.20 bits per heavy atom. The van der Waals surface area contributed by atoms with E-state index < -0.39 is 0 Å². The van der Waals surface area contributed by atoms with Crippen LogP contribution in [0.2, 0.25) is 10.0 Å².